The molecule has 0 bridgehead atoms. The molecule has 4 aromatic rings. The monoisotopic (exact) mass is 452 g/mol. The number of likely N-dealkylation sites (tertiary alicyclic amines) is 1. The van der Waals surface area contributed by atoms with Gasteiger partial charge in [-0.1, -0.05) is 66.7 Å². The number of aromatic nitrogens is 1. The van der Waals surface area contributed by atoms with Crippen LogP contribution in [0.15, 0.2) is 97.2 Å². The summed E-state index contributed by atoms with van der Waals surface area (Å²) in [7, 11) is 0. The van der Waals surface area contributed by atoms with Crippen molar-refractivity contribution in [1.29, 1.82) is 0 Å². The van der Waals surface area contributed by atoms with Gasteiger partial charge < -0.3 is 14.7 Å². The van der Waals surface area contributed by atoms with Gasteiger partial charge in [-0.05, 0) is 67.2 Å². The van der Waals surface area contributed by atoms with Crippen molar-refractivity contribution < 1.29 is 9.84 Å². The quantitative estimate of drug-likeness (QED) is 0.382. The third-order valence-corrected chi connectivity index (χ3v) is 6.93. The predicted octanol–water partition coefficient (Wildman–Crippen LogP) is 5.52. The molecule has 4 nitrogen and oxygen atoms in total. The zero-order valence-corrected chi connectivity index (χ0v) is 19.5. The highest BCUT2D eigenvalue weighted by atomic mass is 16.5. The summed E-state index contributed by atoms with van der Waals surface area (Å²) in [6.07, 6.45) is 3.50. The summed E-state index contributed by atoms with van der Waals surface area (Å²) in [6, 6.07) is 31.5. The van der Waals surface area contributed by atoms with Crippen LogP contribution in [0.1, 0.15) is 29.9 Å². The molecule has 1 aliphatic rings. The molecule has 1 N–H and O–H groups in total. The number of nitrogens with zero attached hydrogens (tertiary/aromatic N) is 2. The highest BCUT2D eigenvalue weighted by Gasteiger charge is 2.29. The summed E-state index contributed by atoms with van der Waals surface area (Å²) in [4.78, 5) is 6.75. The number of aliphatic hydroxyl groups is 1. The largest absolute Gasteiger partial charge is 0.490 e. The van der Waals surface area contributed by atoms with E-state index in [0.29, 0.717) is 18.4 Å². The smallest absolute Gasteiger partial charge is 0.128 e. The van der Waals surface area contributed by atoms with E-state index in [9.17, 15) is 5.11 Å². The fourth-order valence-electron chi connectivity index (χ4n) is 5.26. The van der Waals surface area contributed by atoms with Crippen LogP contribution < -0.4 is 4.74 Å². The molecule has 0 aliphatic carbocycles. The average molecular weight is 453 g/mol. The maximum absolute atomic E-state index is 10.7. The minimum Gasteiger partial charge on any atom is -0.490 e. The summed E-state index contributed by atoms with van der Waals surface area (Å²) in [6.45, 7) is 2.91. The van der Waals surface area contributed by atoms with Crippen molar-refractivity contribution in [3.05, 3.63) is 108 Å². The van der Waals surface area contributed by atoms with Gasteiger partial charge in [0.25, 0.3) is 0 Å². The van der Waals surface area contributed by atoms with Crippen LogP contribution in [-0.2, 0) is 0 Å². The van der Waals surface area contributed by atoms with E-state index in [-0.39, 0.29) is 6.61 Å². The molecular formula is C30H32N2O2. The minimum absolute atomic E-state index is 0.282. The molecule has 1 unspecified atom stereocenters. The fraction of sp³-hybridized carbons (Fsp3) is 0.300. The molecule has 1 aliphatic heterocycles. The third kappa shape index (κ3) is 5.30. The van der Waals surface area contributed by atoms with E-state index in [4.69, 9.17) is 4.74 Å². The lowest BCUT2D eigenvalue weighted by atomic mass is 9.76. The first-order valence-electron chi connectivity index (χ1n) is 12.2. The Bertz CT molecular complexity index is 1130. The van der Waals surface area contributed by atoms with Gasteiger partial charge in [-0.15, -0.1) is 0 Å². The Hall–Kier alpha value is -3.21. The van der Waals surface area contributed by atoms with E-state index in [1.54, 1.807) is 6.20 Å². The standard InChI is InChI=1S/C30H32N2O2/c33-26(22-34-29-15-7-14-28-27(29)13-8-18-31-28)21-32-19-16-25(17-20-32)30(23-9-3-1-4-10-23)24-11-5-2-6-12-24/h1-15,18,25-26,30,33H,16-17,19-22H2. The van der Waals surface area contributed by atoms with Crippen LogP contribution in [0.3, 0.4) is 0 Å². The molecule has 3 aromatic carbocycles. The Morgan fingerprint density at radius 1 is 0.824 bits per heavy atom. The highest BCUT2D eigenvalue weighted by molar-refractivity contribution is 5.84. The van der Waals surface area contributed by atoms with Gasteiger partial charge in [-0.25, -0.2) is 0 Å². The minimum atomic E-state index is -0.525. The zero-order valence-electron chi connectivity index (χ0n) is 19.5. The summed E-state index contributed by atoms with van der Waals surface area (Å²) in [5.74, 6) is 1.78. The third-order valence-electron chi connectivity index (χ3n) is 6.93. The van der Waals surface area contributed by atoms with Crippen LogP contribution in [0.5, 0.6) is 5.75 Å². The first-order chi connectivity index (χ1) is 16.8. The SMILES string of the molecule is OC(COc1cccc2ncccc12)CN1CCC(C(c2ccccc2)c2ccccc2)CC1. The van der Waals surface area contributed by atoms with Gasteiger partial charge in [0.1, 0.15) is 18.5 Å². The number of hydrogen-bond acceptors (Lipinski definition) is 4. The molecule has 1 atom stereocenters. The Labute approximate surface area is 201 Å². The lowest BCUT2D eigenvalue weighted by Crippen LogP contribution is -2.41. The number of piperidine rings is 1. The topological polar surface area (TPSA) is 45.6 Å². The zero-order chi connectivity index (χ0) is 23.2. The van der Waals surface area contributed by atoms with Gasteiger partial charge in [0.15, 0.2) is 0 Å². The number of hydrogen-bond donors (Lipinski definition) is 1. The lowest BCUT2D eigenvalue weighted by molar-refractivity contribution is 0.0542. The van der Waals surface area contributed by atoms with Crippen molar-refractivity contribution in [2.45, 2.75) is 24.9 Å². The highest BCUT2D eigenvalue weighted by Crippen LogP contribution is 2.38. The molecule has 0 amide bonds. The van der Waals surface area contributed by atoms with Crippen molar-refractivity contribution >= 4 is 10.9 Å². The lowest BCUT2D eigenvalue weighted by Gasteiger charge is -2.37. The van der Waals surface area contributed by atoms with Crippen LogP contribution in [0.4, 0.5) is 0 Å². The van der Waals surface area contributed by atoms with Gasteiger partial charge >= 0.3 is 0 Å². The molecule has 4 heteroatoms. The van der Waals surface area contributed by atoms with Gasteiger partial charge in [-0.2, -0.15) is 0 Å². The maximum Gasteiger partial charge on any atom is 0.128 e. The molecule has 2 heterocycles. The van der Waals surface area contributed by atoms with Gasteiger partial charge in [0, 0.05) is 24.0 Å². The number of aliphatic hydroxyl groups excluding tert-OH is 1. The second-order valence-corrected chi connectivity index (χ2v) is 9.23. The molecule has 34 heavy (non-hydrogen) atoms. The second kappa shape index (κ2) is 10.8. The first-order valence-corrected chi connectivity index (χ1v) is 12.2. The van der Waals surface area contributed by atoms with Crippen LogP contribution in [0.2, 0.25) is 0 Å². The summed E-state index contributed by atoms with van der Waals surface area (Å²) in [5, 5.41) is 11.7. The van der Waals surface area contributed by atoms with Gasteiger partial charge in [0.05, 0.1) is 5.52 Å². The van der Waals surface area contributed by atoms with Gasteiger partial charge in [-0.3, -0.25) is 4.98 Å². The van der Waals surface area contributed by atoms with Crippen molar-refractivity contribution in [3.8, 4) is 5.75 Å². The molecule has 1 aromatic heterocycles. The van der Waals surface area contributed by atoms with Crippen molar-refractivity contribution in [2.24, 2.45) is 5.92 Å². The molecule has 174 valence electrons. The van der Waals surface area contributed by atoms with E-state index >= 15 is 0 Å². The fourth-order valence-corrected chi connectivity index (χ4v) is 5.26. The molecule has 0 saturated carbocycles. The number of β-amino-alcohol motifs (C(OH)–C–C–N with tert-alkyl or cyclic N) is 1. The van der Waals surface area contributed by atoms with Gasteiger partial charge in [0.2, 0.25) is 0 Å². The van der Waals surface area contributed by atoms with Crippen LogP contribution >= 0.6 is 0 Å². The number of ether oxygens (including phenoxy) is 1. The number of pyridine rings is 1. The summed E-state index contributed by atoms with van der Waals surface area (Å²) >= 11 is 0. The Morgan fingerprint density at radius 2 is 1.50 bits per heavy atom. The van der Waals surface area contributed by atoms with E-state index in [2.05, 4.69) is 70.5 Å². The van der Waals surface area contributed by atoms with Crippen LogP contribution in [0, 0.1) is 5.92 Å². The summed E-state index contributed by atoms with van der Waals surface area (Å²) in [5.41, 5.74) is 3.69. The summed E-state index contributed by atoms with van der Waals surface area (Å²) < 4.78 is 5.98. The molecule has 5 rings (SSSR count). The van der Waals surface area contributed by atoms with Crippen LogP contribution in [-0.4, -0.2) is 47.3 Å². The molecule has 0 radical (unpaired) electrons. The molecular weight excluding hydrogens is 420 g/mol. The number of benzene rings is 3. The van der Waals surface area contributed by atoms with Crippen molar-refractivity contribution in [2.75, 3.05) is 26.2 Å². The number of fused-ring (bicyclic) bond motifs is 1. The molecule has 1 saturated heterocycles. The first kappa shape index (κ1) is 22.6. The second-order valence-electron chi connectivity index (χ2n) is 9.23. The Balaban J connectivity index is 1.17. The Morgan fingerprint density at radius 3 is 2.18 bits per heavy atom. The van der Waals surface area contributed by atoms with E-state index in [1.807, 2.05) is 30.3 Å². The maximum atomic E-state index is 10.7. The van der Waals surface area contributed by atoms with E-state index in [0.717, 1.165) is 42.6 Å². The average Bonchev–Trinajstić information content (AvgIpc) is 2.90. The van der Waals surface area contributed by atoms with Crippen LogP contribution in [0.25, 0.3) is 10.9 Å². The number of rotatable bonds is 8. The van der Waals surface area contributed by atoms with E-state index < -0.39 is 6.10 Å². The van der Waals surface area contributed by atoms with Crippen molar-refractivity contribution in [3.63, 3.8) is 0 Å². The molecule has 1 fully saturated rings. The van der Waals surface area contributed by atoms with Crippen molar-refractivity contribution in [1.82, 2.24) is 9.88 Å². The van der Waals surface area contributed by atoms with E-state index in [1.165, 1.54) is 11.1 Å². The molecule has 0 spiro atoms. The Kier molecular flexibility index (Phi) is 7.18. The predicted molar refractivity (Wildman–Crippen MR) is 137 cm³/mol. The normalized spacial score (nSPS) is 16.1.